The van der Waals surface area contributed by atoms with Crippen molar-refractivity contribution in [3.8, 4) is 16.2 Å². The highest BCUT2D eigenvalue weighted by Crippen LogP contribution is 2.36. The summed E-state index contributed by atoms with van der Waals surface area (Å²) in [4.78, 5) is 34.7. The number of H-pyrrole nitrogens is 1. The van der Waals surface area contributed by atoms with E-state index in [1.807, 2.05) is 17.9 Å². The molecule has 7 nitrogen and oxygen atoms in total. The zero-order valence-electron chi connectivity index (χ0n) is 14.2. The second-order valence-corrected chi connectivity index (χ2v) is 7.34. The number of aryl methyl sites for hydroxylation is 1. The number of amides is 1. The molecule has 3 aromatic rings. The standard InChI is InChI=1S/C18H18N4O3S/c1-10-6-14(18(25)22-4-2-19-3-5-22)26-16(10)11-7-12-15(13(23)8-11)20-9-21-17(12)24/h6-9,19,23H,2-5H2,1H3,(H,20,21,24). The van der Waals surface area contributed by atoms with Gasteiger partial charge in [-0.15, -0.1) is 11.3 Å². The van der Waals surface area contributed by atoms with Gasteiger partial charge in [-0.25, -0.2) is 4.98 Å². The molecular weight excluding hydrogens is 352 g/mol. The zero-order chi connectivity index (χ0) is 18.3. The molecule has 1 amide bonds. The molecule has 3 heterocycles. The molecule has 1 fully saturated rings. The Morgan fingerprint density at radius 2 is 2.04 bits per heavy atom. The van der Waals surface area contributed by atoms with E-state index in [1.54, 1.807) is 12.1 Å². The van der Waals surface area contributed by atoms with Crippen LogP contribution in [0.3, 0.4) is 0 Å². The summed E-state index contributed by atoms with van der Waals surface area (Å²) in [5.74, 6) is -0.0262. The molecule has 0 radical (unpaired) electrons. The Hall–Kier alpha value is -2.71. The third-order valence-electron chi connectivity index (χ3n) is 4.52. The van der Waals surface area contributed by atoms with Crippen LogP contribution in [0, 0.1) is 6.92 Å². The number of aromatic amines is 1. The quantitative estimate of drug-likeness (QED) is 0.638. The van der Waals surface area contributed by atoms with Gasteiger partial charge in [0.25, 0.3) is 11.5 Å². The predicted molar refractivity (Wildman–Crippen MR) is 101 cm³/mol. The van der Waals surface area contributed by atoms with Crippen molar-refractivity contribution in [2.24, 2.45) is 0 Å². The van der Waals surface area contributed by atoms with E-state index in [-0.39, 0.29) is 22.7 Å². The maximum Gasteiger partial charge on any atom is 0.264 e. The summed E-state index contributed by atoms with van der Waals surface area (Å²) < 4.78 is 0. The minimum Gasteiger partial charge on any atom is -0.506 e. The third-order valence-corrected chi connectivity index (χ3v) is 5.79. The number of piperazine rings is 1. The highest BCUT2D eigenvalue weighted by molar-refractivity contribution is 7.17. The van der Waals surface area contributed by atoms with Crippen LogP contribution in [0.5, 0.6) is 5.75 Å². The molecule has 26 heavy (non-hydrogen) atoms. The Bertz CT molecular complexity index is 1050. The number of fused-ring (bicyclic) bond motifs is 1. The molecule has 4 rings (SSSR count). The zero-order valence-corrected chi connectivity index (χ0v) is 15.0. The van der Waals surface area contributed by atoms with E-state index in [1.165, 1.54) is 17.7 Å². The van der Waals surface area contributed by atoms with Crippen molar-refractivity contribution in [1.29, 1.82) is 0 Å². The monoisotopic (exact) mass is 370 g/mol. The number of phenolic OH excluding ortho intramolecular Hbond substituents is 1. The van der Waals surface area contributed by atoms with Gasteiger partial charge in [0, 0.05) is 31.1 Å². The van der Waals surface area contributed by atoms with E-state index in [0.29, 0.717) is 28.9 Å². The first-order valence-corrected chi connectivity index (χ1v) is 9.17. The van der Waals surface area contributed by atoms with Crippen molar-refractivity contribution in [3.05, 3.63) is 45.3 Å². The average Bonchev–Trinajstić information content (AvgIpc) is 3.04. The number of thiophene rings is 1. The smallest absolute Gasteiger partial charge is 0.264 e. The van der Waals surface area contributed by atoms with Crippen LogP contribution in [-0.2, 0) is 0 Å². The molecule has 134 valence electrons. The Morgan fingerprint density at radius 1 is 1.27 bits per heavy atom. The second kappa shape index (κ2) is 6.54. The Balaban J connectivity index is 1.76. The van der Waals surface area contributed by atoms with E-state index >= 15 is 0 Å². The van der Waals surface area contributed by atoms with Crippen LogP contribution in [0.2, 0.25) is 0 Å². The molecule has 8 heteroatoms. The summed E-state index contributed by atoms with van der Waals surface area (Å²) in [5.41, 5.74) is 1.60. The van der Waals surface area contributed by atoms with E-state index in [2.05, 4.69) is 15.3 Å². The predicted octanol–water partition coefficient (Wildman–Crippen LogP) is 1.71. The lowest BCUT2D eigenvalue weighted by atomic mass is 10.1. The highest BCUT2D eigenvalue weighted by atomic mass is 32.1. The molecule has 0 aliphatic carbocycles. The fourth-order valence-electron chi connectivity index (χ4n) is 3.19. The molecule has 0 saturated carbocycles. The van der Waals surface area contributed by atoms with Gasteiger partial charge >= 0.3 is 0 Å². The van der Waals surface area contributed by atoms with Gasteiger partial charge in [-0.1, -0.05) is 0 Å². The summed E-state index contributed by atoms with van der Waals surface area (Å²) in [5, 5.41) is 13.8. The molecular formula is C18H18N4O3S. The molecule has 0 unspecified atom stereocenters. The van der Waals surface area contributed by atoms with Crippen molar-refractivity contribution in [3.63, 3.8) is 0 Å². The van der Waals surface area contributed by atoms with Gasteiger partial charge in [-0.05, 0) is 36.2 Å². The number of benzene rings is 1. The Labute approximate surface area is 153 Å². The average molecular weight is 370 g/mol. The molecule has 1 saturated heterocycles. The van der Waals surface area contributed by atoms with E-state index in [4.69, 9.17) is 0 Å². The fraction of sp³-hybridized carbons (Fsp3) is 0.278. The van der Waals surface area contributed by atoms with Gasteiger partial charge in [0.2, 0.25) is 0 Å². The van der Waals surface area contributed by atoms with Gasteiger partial charge < -0.3 is 20.3 Å². The topological polar surface area (TPSA) is 98.3 Å². The fourth-order valence-corrected chi connectivity index (χ4v) is 4.32. The van der Waals surface area contributed by atoms with Gasteiger partial charge in [0.15, 0.2) is 0 Å². The molecule has 3 N–H and O–H groups in total. The lowest BCUT2D eigenvalue weighted by Crippen LogP contribution is -2.46. The SMILES string of the molecule is Cc1cc(C(=O)N2CCNCC2)sc1-c1cc(O)c2nc[nH]c(=O)c2c1. The van der Waals surface area contributed by atoms with Crippen molar-refractivity contribution in [2.45, 2.75) is 6.92 Å². The minimum absolute atomic E-state index is 0.0235. The van der Waals surface area contributed by atoms with E-state index in [9.17, 15) is 14.7 Å². The number of carbonyl (C=O) groups is 1. The normalized spacial score (nSPS) is 14.7. The first kappa shape index (κ1) is 16.7. The number of carbonyl (C=O) groups excluding carboxylic acids is 1. The van der Waals surface area contributed by atoms with Crippen molar-refractivity contribution < 1.29 is 9.90 Å². The number of aromatic nitrogens is 2. The Kier molecular flexibility index (Phi) is 4.21. The molecule has 0 bridgehead atoms. The maximum atomic E-state index is 12.7. The van der Waals surface area contributed by atoms with Gasteiger partial charge in [0.1, 0.15) is 11.3 Å². The van der Waals surface area contributed by atoms with Gasteiger partial charge in [-0.2, -0.15) is 0 Å². The van der Waals surface area contributed by atoms with Crippen LogP contribution in [0.1, 0.15) is 15.2 Å². The number of hydrogen-bond acceptors (Lipinski definition) is 6. The number of nitrogens with one attached hydrogen (secondary N) is 2. The van der Waals surface area contributed by atoms with Crippen molar-refractivity contribution >= 4 is 28.1 Å². The Morgan fingerprint density at radius 3 is 2.81 bits per heavy atom. The number of nitrogens with zero attached hydrogens (tertiary/aromatic N) is 2. The first-order valence-electron chi connectivity index (χ1n) is 8.36. The summed E-state index contributed by atoms with van der Waals surface area (Å²) in [6.07, 6.45) is 1.27. The summed E-state index contributed by atoms with van der Waals surface area (Å²) in [7, 11) is 0. The van der Waals surface area contributed by atoms with Crippen molar-refractivity contribution in [2.75, 3.05) is 26.2 Å². The number of aromatic hydroxyl groups is 1. The minimum atomic E-state index is -0.307. The van der Waals surface area contributed by atoms with Gasteiger partial charge in [0.05, 0.1) is 16.6 Å². The summed E-state index contributed by atoms with van der Waals surface area (Å²) in [6, 6.07) is 5.17. The molecule has 2 aromatic heterocycles. The lowest BCUT2D eigenvalue weighted by Gasteiger charge is -2.26. The first-order chi connectivity index (χ1) is 12.5. The van der Waals surface area contributed by atoms with E-state index < -0.39 is 0 Å². The number of phenols is 1. The molecule has 1 aliphatic rings. The van der Waals surface area contributed by atoms with Gasteiger partial charge in [-0.3, -0.25) is 9.59 Å². The van der Waals surface area contributed by atoms with Crippen LogP contribution >= 0.6 is 11.3 Å². The largest absolute Gasteiger partial charge is 0.506 e. The van der Waals surface area contributed by atoms with E-state index in [0.717, 1.165) is 23.5 Å². The molecule has 1 aromatic carbocycles. The number of rotatable bonds is 2. The van der Waals surface area contributed by atoms with Crippen LogP contribution in [0.25, 0.3) is 21.3 Å². The van der Waals surface area contributed by atoms with Crippen molar-refractivity contribution in [1.82, 2.24) is 20.2 Å². The van der Waals surface area contributed by atoms with Crippen LogP contribution < -0.4 is 10.9 Å². The molecule has 1 aliphatic heterocycles. The highest BCUT2D eigenvalue weighted by Gasteiger charge is 2.21. The van der Waals surface area contributed by atoms with Crippen LogP contribution in [-0.4, -0.2) is 52.1 Å². The second-order valence-electron chi connectivity index (χ2n) is 6.29. The summed E-state index contributed by atoms with van der Waals surface area (Å²) >= 11 is 1.38. The van der Waals surface area contributed by atoms with Crippen LogP contribution in [0.4, 0.5) is 0 Å². The van der Waals surface area contributed by atoms with Crippen LogP contribution in [0.15, 0.2) is 29.3 Å². The number of hydrogen-bond donors (Lipinski definition) is 3. The lowest BCUT2D eigenvalue weighted by molar-refractivity contribution is 0.0740. The summed E-state index contributed by atoms with van der Waals surface area (Å²) in [6.45, 7) is 4.93. The molecule has 0 atom stereocenters. The maximum absolute atomic E-state index is 12.7. The third kappa shape index (κ3) is 2.87. The molecule has 0 spiro atoms.